The maximum atomic E-state index is 10.0. The molecule has 3 saturated carbocycles. The predicted octanol–water partition coefficient (Wildman–Crippen LogP) is 4.93. The van der Waals surface area contributed by atoms with Crippen LogP contribution in [0.4, 0.5) is 0 Å². The fraction of sp³-hybridized carbons (Fsp3) is 0.727. The Kier molecular flexibility index (Phi) is 5.36. The van der Waals surface area contributed by atoms with E-state index in [1.165, 1.54) is 44.9 Å². The van der Waals surface area contributed by atoms with Crippen molar-refractivity contribution in [3.63, 3.8) is 0 Å². The minimum atomic E-state index is -0.588. The molecule has 134 valence electrons. The Morgan fingerprint density at radius 2 is 1.88 bits per heavy atom. The predicted molar refractivity (Wildman–Crippen MR) is 99.6 cm³/mol. The number of fused-ring (bicyclic) bond motifs is 1. The molecule has 3 aliphatic rings. The van der Waals surface area contributed by atoms with E-state index in [0.717, 1.165) is 17.4 Å². The molecule has 0 spiro atoms. The summed E-state index contributed by atoms with van der Waals surface area (Å²) < 4.78 is 0. The summed E-state index contributed by atoms with van der Waals surface area (Å²) in [5.74, 6) is 1.64. The van der Waals surface area contributed by atoms with Gasteiger partial charge in [0, 0.05) is 0 Å². The fourth-order valence-electron chi connectivity index (χ4n) is 5.59. The van der Waals surface area contributed by atoms with E-state index in [0.29, 0.717) is 23.8 Å². The molecule has 0 aromatic rings. The summed E-state index contributed by atoms with van der Waals surface area (Å²) in [6.45, 7) is 8.64. The van der Waals surface area contributed by atoms with Crippen LogP contribution in [0.1, 0.15) is 71.6 Å². The lowest BCUT2D eigenvalue weighted by Gasteiger charge is -2.42. The van der Waals surface area contributed by atoms with Gasteiger partial charge in [0.1, 0.15) is 0 Å². The van der Waals surface area contributed by atoms with E-state index < -0.39 is 12.2 Å². The number of aliphatic hydroxyl groups excluding tert-OH is 2. The Morgan fingerprint density at radius 3 is 2.54 bits per heavy atom. The largest absolute Gasteiger partial charge is 0.388 e. The molecule has 0 saturated heterocycles. The van der Waals surface area contributed by atoms with E-state index in [2.05, 4.69) is 32.6 Å². The van der Waals surface area contributed by atoms with Crippen LogP contribution in [0.15, 0.2) is 35.5 Å². The van der Waals surface area contributed by atoms with Crippen LogP contribution in [0.25, 0.3) is 0 Å². The van der Waals surface area contributed by atoms with Crippen molar-refractivity contribution in [2.24, 2.45) is 17.3 Å². The van der Waals surface area contributed by atoms with Crippen LogP contribution < -0.4 is 0 Å². The van der Waals surface area contributed by atoms with Crippen molar-refractivity contribution in [2.45, 2.75) is 83.8 Å². The molecule has 3 aliphatic carbocycles. The van der Waals surface area contributed by atoms with Crippen molar-refractivity contribution in [1.82, 2.24) is 0 Å². The first-order chi connectivity index (χ1) is 11.5. The molecule has 5 atom stereocenters. The molecular formula is C22H34O2. The molecule has 0 bridgehead atoms. The van der Waals surface area contributed by atoms with Crippen molar-refractivity contribution in [3.8, 4) is 0 Å². The van der Waals surface area contributed by atoms with Gasteiger partial charge in [0.15, 0.2) is 0 Å². The van der Waals surface area contributed by atoms with Crippen LogP contribution in [-0.2, 0) is 0 Å². The van der Waals surface area contributed by atoms with Crippen molar-refractivity contribution >= 4 is 0 Å². The Morgan fingerprint density at radius 1 is 1.17 bits per heavy atom. The number of hydrogen-bond acceptors (Lipinski definition) is 2. The van der Waals surface area contributed by atoms with Crippen molar-refractivity contribution in [3.05, 3.63) is 35.5 Å². The molecule has 0 aliphatic heterocycles. The van der Waals surface area contributed by atoms with E-state index in [4.69, 9.17) is 0 Å². The first-order valence-electron chi connectivity index (χ1n) is 9.89. The number of rotatable bonds is 3. The molecule has 2 N–H and O–H groups in total. The highest BCUT2D eigenvalue weighted by atomic mass is 16.3. The summed E-state index contributed by atoms with van der Waals surface area (Å²) in [6.07, 6.45) is 13.9. The SMILES string of the molecule is C=C1[C@H](O)CC(=CC=C2CCC[C@]3(C)[C@@H](CCC)CC[C@@H]23)C[C@H]1O. The van der Waals surface area contributed by atoms with Gasteiger partial charge in [-0.1, -0.05) is 56.6 Å². The third-order valence-electron chi connectivity index (χ3n) is 7.10. The lowest BCUT2D eigenvalue weighted by atomic mass is 9.63. The van der Waals surface area contributed by atoms with Crippen molar-refractivity contribution in [1.29, 1.82) is 0 Å². The fourth-order valence-corrected chi connectivity index (χ4v) is 5.59. The quantitative estimate of drug-likeness (QED) is 0.721. The molecule has 2 heteroatoms. The Labute approximate surface area is 147 Å². The van der Waals surface area contributed by atoms with Crippen LogP contribution in [0.2, 0.25) is 0 Å². The van der Waals surface area contributed by atoms with E-state index in [-0.39, 0.29) is 0 Å². The number of hydrogen-bond donors (Lipinski definition) is 2. The van der Waals surface area contributed by atoms with Crippen LogP contribution in [0, 0.1) is 17.3 Å². The lowest BCUT2D eigenvalue weighted by Crippen LogP contribution is -2.33. The normalized spacial score (nSPS) is 41.6. The van der Waals surface area contributed by atoms with Crippen LogP contribution in [0.5, 0.6) is 0 Å². The van der Waals surface area contributed by atoms with Gasteiger partial charge in [-0.25, -0.2) is 0 Å². The maximum Gasteiger partial charge on any atom is 0.0809 e. The standard InChI is InChI=1S/C22H34O2/c1-4-6-18-10-11-19-17(7-5-12-22(18,19)3)9-8-16-13-20(23)15(2)21(24)14-16/h8-9,18-21,23-24H,2,4-7,10-14H2,1,3H3/t18-,19-,20+,21+,22+/m0/s1. The van der Waals surface area contributed by atoms with Gasteiger partial charge in [0.05, 0.1) is 12.2 Å². The summed E-state index contributed by atoms with van der Waals surface area (Å²) in [5, 5.41) is 20.0. The Hall–Kier alpha value is -0.860. The summed E-state index contributed by atoms with van der Waals surface area (Å²) in [7, 11) is 0. The molecule has 2 nitrogen and oxygen atoms in total. The van der Waals surface area contributed by atoms with Crippen molar-refractivity contribution in [2.75, 3.05) is 0 Å². The summed E-state index contributed by atoms with van der Waals surface area (Å²) in [5.41, 5.74) is 3.84. The first kappa shape index (κ1) is 17.9. The zero-order valence-electron chi connectivity index (χ0n) is 15.4. The van der Waals surface area contributed by atoms with Crippen LogP contribution in [0.3, 0.4) is 0 Å². The van der Waals surface area contributed by atoms with Crippen LogP contribution >= 0.6 is 0 Å². The second-order valence-electron chi connectivity index (χ2n) is 8.56. The number of aliphatic hydroxyl groups is 2. The van der Waals surface area contributed by atoms with Gasteiger partial charge >= 0.3 is 0 Å². The minimum absolute atomic E-state index is 0.498. The molecular weight excluding hydrogens is 296 g/mol. The summed E-state index contributed by atoms with van der Waals surface area (Å²) in [4.78, 5) is 0. The molecule has 0 aromatic heterocycles. The highest BCUT2D eigenvalue weighted by Crippen LogP contribution is 2.58. The van der Waals surface area contributed by atoms with Gasteiger partial charge in [-0.05, 0) is 67.8 Å². The second-order valence-corrected chi connectivity index (χ2v) is 8.56. The third-order valence-corrected chi connectivity index (χ3v) is 7.10. The first-order valence-corrected chi connectivity index (χ1v) is 9.89. The molecule has 3 rings (SSSR count). The lowest BCUT2D eigenvalue weighted by molar-refractivity contribution is 0.123. The summed E-state index contributed by atoms with van der Waals surface area (Å²) >= 11 is 0. The van der Waals surface area contributed by atoms with Gasteiger partial charge in [0.2, 0.25) is 0 Å². The summed E-state index contributed by atoms with van der Waals surface area (Å²) in [6, 6.07) is 0. The highest BCUT2D eigenvalue weighted by Gasteiger charge is 2.48. The highest BCUT2D eigenvalue weighted by molar-refractivity contribution is 5.29. The van der Waals surface area contributed by atoms with Gasteiger partial charge in [0.25, 0.3) is 0 Å². The van der Waals surface area contributed by atoms with E-state index >= 15 is 0 Å². The van der Waals surface area contributed by atoms with Crippen molar-refractivity contribution < 1.29 is 10.2 Å². The van der Waals surface area contributed by atoms with Gasteiger partial charge in [-0.15, -0.1) is 0 Å². The van der Waals surface area contributed by atoms with E-state index in [1.54, 1.807) is 5.57 Å². The van der Waals surface area contributed by atoms with Gasteiger partial charge in [-0.2, -0.15) is 0 Å². The zero-order chi connectivity index (χ0) is 17.3. The minimum Gasteiger partial charge on any atom is -0.388 e. The maximum absolute atomic E-state index is 10.0. The molecule has 0 aromatic carbocycles. The Balaban J connectivity index is 1.76. The smallest absolute Gasteiger partial charge is 0.0809 e. The van der Waals surface area contributed by atoms with E-state index in [1.807, 2.05) is 0 Å². The monoisotopic (exact) mass is 330 g/mol. The van der Waals surface area contributed by atoms with Gasteiger partial charge in [-0.3, -0.25) is 0 Å². The van der Waals surface area contributed by atoms with Gasteiger partial charge < -0.3 is 10.2 Å². The molecule has 24 heavy (non-hydrogen) atoms. The molecule has 3 fully saturated rings. The molecule has 0 radical (unpaired) electrons. The average Bonchev–Trinajstić information content (AvgIpc) is 2.88. The average molecular weight is 331 g/mol. The Bertz CT molecular complexity index is 528. The molecule has 0 heterocycles. The molecule has 0 amide bonds. The van der Waals surface area contributed by atoms with Crippen LogP contribution in [-0.4, -0.2) is 22.4 Å². The van der Waals surface area contributed by atoms with E-state index in [9.17, 15) is 10.2 Å². The molecule has 0 unspecified atom stereocenters. The number of allylic oxidation sites excluding steroid dienone is 3. The third kappa shape index (κ3) is 3.28. The zero-order valence-corrected chi connectivity index (χ0v) is 15.4. The second kappa shape index (κ2) is 7.17. The topological polar surface area (TPSA) is 40.5 Å².